The smallest absolute Gasteiger partial charge is 0.301 e. The number of rotatable bonds is 4. The fourth-order valence-corrected chi connectivity index (χ4v) is 5.16. The maximum Gasteiger partial charge on any atom is 0.301 e. The van der Waals surface area contributed by atoms with Gasteiger partial charge < -0.3 is 24.4 Å². The molecule has 0 spiro atoms. The summed E-state index contributed by atoms with van der Waals surface area (Å²) in [7, 11) is 1.38. The van der Waals surface area contributed by atoms with Crippen LogP contribution in [0.15, 0.2) is 40.4 Å². The number of methoxy groups -OCH3 is 1. The Morgan fingerprint density at radius 3 is 2.60 bits per heavy atom. The zero-order chi connectivity index (χ0) is 24.9. The summed E-state index contributed by atoms with van der Waals surface area (Å²) in [6.45, 7) is 2.48. The number of aromatic hydroxyl groups is 1. The summed E-state index contributed by atoms with van der Waals surface area (Å²) in [5.74, 6) is -1.25. The highest BCUT2D eigenvalue weighted by atomic mass is 79.9. The number of phenolic OH excluding ortho intramolecular Hbond substituents is 1. The lowest BCUT2D eigenvalue weighted by molar-refractivity contribution is -0.132. The van der Waals surface area contributed by atoms with Crippen LogP contribution in [0, 0.1) is 6.92 Å². The number of aromatic nitrogens is 2. The minimum Gasteiger partial charge on any atom is -0.507 e. The van der Waals surface area contributed by atoms with E-state index in [2.05, 4.69) is 26.1 Å². The largest absolute Gasteiger partial charge is 0.507 e. The molecule has 1 aromatic heterocycles. The van der Waals surface area contributed by atoms with Crippen LogP contribution in [-0.2, 0) is 9.59 Å². The zero-order valence-corrected chi connectivity index (χ0v) is 20.8. The van der Waals surface area contributed by atoms with Crippen LogP contribution >= 0.6 is 27.3 Å². The van der Waals surface area contributed by atoms with Crippen LogP contribution in [-0.4, -0.2) is 52.4 Å². The van der Waals surface area contributed by atoms with Gasteiger partial charge in [-0.2, -0.15) is 0 Å². The van der Waals surface area contributed by atoms with Gasteiger partial charge in [0.15, 0.2) is 23.0 Å². The number of hydrogen-bond acceptors (Lipinski definition) is 10. The standard InChI is InChI=1S/C23H18BrN3O7S/c1-10-25-26-23(35-10)27-18(12-7-13(24)20(29)16(9-12)32-2)17(21(30)22(27)31)19(28)11-3-4-14-15(8-11)34-6-5-33-14/h3-4,7-9,18,28-29H,5-6H2,1-2H3/b19-17+. The van der Waals surface area contributed by atoms with Crippen LogP contribution in [0.5, 0.6) is 23.0 Å². The maximum atomic E-state index is 13.3. The quantitative estimate of drug-likeness (QED) is 0.279. The molecule has 0 radical (unpaired) electrons. The molecule has 2 aliphatic heterocycles. The number of ether oxygens (including phenoxy) is 3. The van der Waals surface area contributed by atoms with E-state index in [1.165, 1.54) is 18.1 Å². The molecule has 0 bridgehead atoms. The molecule has 2 aromatic carbocycles. The third-order valence-electron chi connectivity index (χ3n) is 5.57. The molecule has 5 rings (SSSR count). The maximum absolute atomic E-state index is 13.3. The van der Waals surface area contributed by atoms with Crippen molar-refractivity contribution in [2.45, 2.75) is 13.0 Å². The predicted octanol–water partition coefficient (Wildman–Crippen LogP) is 3.72. The molecule has 1 amide bonds. The molecular weight excluding hydrogens is 542 g/mol. The van der Waals surface area contributed by atoms with Gasteiger partial charge in [-0.25, -0.2) is 0 Å². The van der Waals surface area contributed by atoms with Gasteiger partial charge in [0, 0.05) is 5.56 Å². The van der Waals surface area contributed by atoms with Gasteiger partial charge in [-0.15, -0.1) is 10.2 Å². The average Bonchev–Trinajstić information content (AvgIpc) is 3.40. The lowest BCUT2D eigenvalue weighted by Crippen LogP contribution is -2.29. The average molecular weight is 560 g/mol. The van der Waals surface area contributed by atoms with Gasteiger partial charge in [0.2, 0.25) is 5.13 Å². The number of carbonyl (C=O) groups is 2. The molecule has 1 fully saturated rings. The van der Waals surface area contributed by atoms with E-state index in [0.717, 1.165) is 11.3 Å². The normalized spacial score (nSPS) is 18.7. The highest BCUT2D eigenvalue weighted by Gasteiger charge is 2.48. The number of Topliss-reactive ketones (excluding diaryl/α,β-unsaturated/α-hetero) is 1. The van der Waals surface area contributed by atoms with Crippen molar-refractivity contribution in [3.05, 3.63) is 56.5 Å². The lowest BCUT2D eigenvalue weighted by atomic mass is 9.95. The number of aliphatic hydroxyl groups is 1. The highest BCUT2D eigenvalue weighted by molar-refractivity contribution is 9.10. The van der Waals surface area contributed by atoms with E-state index >= 15 is 0 Å². The number of aliphatic hydroxyl groups excluding tert-OH is 1. The first-order valence-corrected chi connectivity index (χ1v) is 12.0. The van der Waals surface area contributed by atoms with Gasteiger partial charge in [-0.1, -0.05) is 11.3 Å². The van der Waals surface area contributed by atoms with E-state index < -0.39 is 23.5 Å². The van der Waals surface area contributed by atoms with E-state index in [1.807, 2.05) is 0 Å². The molecule has 2 N–H and O–H groups in total. The topological polar surface area (TPSA) is 131 Å². The number of hydrogen-bond donors (Lipinski definition) is 2. The summed E-state index contributed by atoms with van der Waals surface area (Å²) in [5, 5.41) is 30.4. The van der Waals surface area contributed by atoms with Crippen LogP contribution < -0.4 is 19.1 Å². The minimum absolute atomic E-state index is 0.118. The van der Waals surface area contributed by atoms with Crippen LogP contribution in [0.3, 0.4) is 0 Å². The molecule has 3 heterocycles. The summed E-state index contributed by atoms with van der Waals surface area (Å²) in [5.41, 5.74) is 0.521. The number of ketones is 1. The van der Waals surface area contributed by atoms with Crippen molar-refractivity contribution < 1.29 is 34.0 Å². The Kier molecular flexibility index (Phi) is 5.85. The molecule has 1 saturated heterocycles. The highest BCUT2D eigenvalue weighted by Crippen LogP contribution is 2.47. The van der Waals surface area contributed by atoms with Gasteiger partial charge in [0.05, 0.1) is 23.2 Å². The lowest BCUT2D eigenvalue weighted by Gasteiger charge is -2.24. The first-order chi connectivity index (χ1) is 16.8. The molecule has 180 valence electrons. The first kappa shape index (κ1) is 23.1. The molecule has 1 unspecified atom stereocenters. The van der Waals surface area contributed by atoms with Crippen LogP contribution in [0.25, 0.3) is 5.76 Å². The Balaban J connectivity index is 1.73. The van der Waals surface area contributed by atoms with E-state index in [9.17, 15) is 19.8 Å². The summed E-state index contributed by atoms with van der Waals surface area (Å²) in [6.07, 6.45) is 0. The van der Waals surface area contributed by atoms with Crippen LogP contribution in [0.2, 0.25) is 0 Å². The van der Waals surface area contributed by atoms with Crippen LogP contribution in [0.4, 0.5) is 5.13 Å². The van der Waals surface area contributed by atoms with Crippen molar-refractivity contribution in [2.24, 2.45) is 0 Å². The molecule has 1 atom stereocenters. The predicted molar refractivity (Wildman–Crippen MR) is 129 cm³/mol. The molecule has 0 saturated carbocycles. The Labute approximate surface area is 211 Å². The number of phenols is 1. The Morgan fingerprint density at radius 1 is 1.17 bits per heavy atom. The van der Waals surface area contributed by atoms with Crippen molar-refractivity contribution in [3.8, 4) is 23.0 Å². The van der Waals surface area contributed by atoms with Crippen molar-refractivity contribution in [1.29, 1.82) is 0 Å². The number of nitrogens with zero attached hydrogens (tertiary/aromatic N) is 3. The summed E-state index contributed by atoms with van der Waals surface area (Å²) in [4.78, 5) is 27.7. The summed E-state index contributed by atoms with van der Waals surface area (Å²) in [6, 6.07) is 6.73. The molecule has 0 aliphatic carbocycles. The summed E-state index contributed by atoms with van der Waals surface area (Å²) < 4.78 is 16.7. The Morgan fingerprint density at radius 2 is 1.91 bits per heavy atom. The Bertz CT molecular complexity index is 1400. The minimum atomic E-state index is -1.07. The second-order valence-electron chi connectivity index (χ2n) is 7.68. The molecule has 10 nitrogen and oxygen atoms in total. The van der Waals surface area contributed by atoms with Crippen molar-refractivity contribution >= 4 is 49.8 Å². The molecule has 3 aromatic rings. The SMILES string of the molecule is COc1cc(C2/C(=C(\O)c3ccc4c(c3)OCCO4)C(=O)C(=O)N2c2nnc(C)s2)cc(Br)c1O. The number of carbonyl (C=O) groups excluding carboxylic acids is 2. The monoisotopic (exact) mass is 559 g/mol. The van der Waals surface area contributed by atoms with E-state index in [4.69, 9.17) is 14.2 Å². The fourth-order valence-electron chi connectivity index (χ4n) is 3.98. The second-order valence-corrected chi connectivity index (χ2v) is 9.70. The molecule has 12 heteroatoms. The van der Waals surface area contributed by atoms with E-state index in [1.54, 1.807) is 31.2 Å². The zero-order valence-electron chi connectivity index (χ0n) is 18.4. The van der Waals surface area contributed by atoms with Gasteiger partial charge in [-0.3, -0.25) is 14.5 Å². The second kappa shape index (κ2) is 8.86. The third kappa shape index (κ3) is 3.88. The van der Waals surface area contributed by atoms with Crippen molar-refractivity contribution in [3.63, 3.8) is 0 Å². The number of benzene rings is 2. The Hall–Kier alpha value is -3.64. The van der Waals surface area contributed by atoms with Gasteiger partial charge in [0.25, 0.3) is 5.78 Å². The molecule has 35 heavy (non-hydrogen) atoms. The van der Waals surface area contributed by atoms with Crippen molar-refractivity contribution in [1.82, 2.24) is 10.2 Å². The van der Waals surface area contributed by atoms with Gasteiger partial charge in [0.1, 0.15) is 24.0 Å². The number of anilines is 1. The number of amides is 1. The number of fused-ring (bicyclic) bond motifs is 1. The summed E-state index contributed by atoms with van der Waals surface area (Å²) >= 11 is 4.42. The number of halogens is 1. The fraction of sp³-hybridized carbons (Fsp3) is 0.217. The van der Waals surface area contributed by atoms with Crippen LogP contribution in [0.1, 0.15) is 22.2 Å². The van der Waals surface area contributed by atoms with Gasteiger partial charge in [-0.05, 0) is 58.7 Å². The third-order valence-corrected chi connectivity index (χ3v) is 7.01. The molecular formula is C23H18BrN3O7S. The molecule has 2 aliphatic rings. The first-order valence-electron chi connectivity index (χ1n) is 10.4. The van der Waals surface area contributed by atoms with Gasteiger partial charge >= 0.3 is 5.91 Å². The van der Waals surface area contributed by atoms with E-state index in [0.29, 0.717) is 35.3 Å². The van der Waals surface area contributed by atoms with E-state index in [-0.39, 0.29) is 32.2 Å². The number of aryl methyl sites for hydroxylation is 1. The van der Waals surface area contributed by atoms with Crippen molar-refractivity contribution in [2.75, 3.05) is 25.2 Å².